The lowest BCUT2D eigenvalue weighted by Gasteiger charge is -2.23. The lowest BCUT2D eigenvalue weighted by Crippen LogP contribution is -2.43. The van der Waals surface area contributed by atoms with Crippen molar-refractivity contribution in [3.63, 3.8) is 0 Å². The molecule has 0 spiro atoms. The second-order valence-corrected chi connectivity index (χ2v) is 18.7. The summed E-state index contributed by atoms with van der Waals surface area (Å²) >= 11 is 0. The van der Waals surface area contributed by atoms with Gasteiger partial charge in [-0.1, -0.05) is 24.3 Å². The van der Waals surface area contributed by atoms with Gasteiger partial charge in [0.15, 0.2) is 0 Å². The largest absolute Gasteiger partial charge is 0.456 e. The van der Waals surface area contributed by atoms with Gasteiger partial charge in [-0.3, -0.25) is 18.9 Å². The molecule has 358 valence electrons. The van der Waals surface area contributed by atoms with E-state index in [2.05, 4.69) is 25.7 Å². The zero-order chi connectivity index (χ0) is 50.2. The first-order chi connectivity index (χ1) is 31.9. The standard InChI is InChI=1S/C45H46N6O15S2/c1-22-17-23(2)40(48-44(54)50(7)8)24(3)39(22)46-28-13-15-30-33(18-28)64-34-19-29(14-16-31(34)38(30)32-11-9-10-12-35(32)67(58,59)60)47-41-25(4)42(27(6)43(26(41)5)68(61,62)63)49-45(55)51(20-36(52)65-56)21-37(53)66-57/h9-19,46,56-57H,20-21H2,1-8H3,(H,48,54)(H,49,55)(H,58,59,60)(H,61,62,63)/b47-29+. The quantitative estimate of drug-likeness (QED) is 0.0270. The Labute approximate surface area is 389 Å². The second-order valence-electron chi connectivity index (χ2n) is 15.9. The fourth-order valence-corrected chi connectivity index (χ4v) is 9.63. The van der Waals surface area contributed by atoms with Gasteiger partial charge in [0.2, 0.25) is 0 Å². The molecule has 0 radical (unpaired) electrons. The van der Waals surface area contributed by atoms with E-state index in [1.165, 1.54) is 56.0 Å². The maximum absolute atomic E-state index is 13.5. The molecule has 68 heavy (non-hydrogen) atoms. The van der Waals surface area contributed by atoms with Crippen LogP contribution in [0.3, 0.4) is 0 Å². The zero-order valence-electron chi connectivity index (χ0n) is 37.7. The van der Waals surface area contributed by atoms with Crippen LogP contribution in [0.25, 0.3) is 33.4 Å². The number of carbonyl (C=O) groups excluding carboxylic acids is 4. The number of anilines is 4. The molecule has 0 atom stereocenters. The molecule has 1 heterocycles. The summed E-state index contributed by atoms with van der Waals surface area (Å²) in [4.78, 5) is 62.7. The third-order valence-electron chi connectivity index (χ3n) is 11.0. The molecule has 1 aliphatic heterocycles. The maximum atomic E-state index is 13.5. The van der Waals surface area contributed by atoms with E-state index in [4.69, 9.17) is 19.9 Å². The Kier molecular flexibility index (Phi) is 14.3. The number of benzene rings is 5. The Morgan fingerprint density at radius 1 is 0.676 bits per heavy atom. The molecule has 0 fully saturated rings. The van der Waals surface area contributed by atoms with E-state index in [-0.39, 0.29) is 61.3 Å². The molecule has 0 bridgehead atoms. The smallest absolute Gasteiger partial charge is 0.361 e. The van der Waals surface area contributed by atoms with Crippen LogP contribution in [-0.4, -0.2) is 97.4 Å². The summed E-state index contributed by atoms with van der Waals surface area (Å²) in [6.45, 7) is 7.68. The molecule has 0 saturated carbocycles. The first-order valence-electron chi connectivity index (χ1n) is 20.2. The molecule has 0 aromatic heterocycles. The predicted molar refractivity (Wildman–Crippen MR) is 248 cm³/mol. The molecule has 4 aromatic rings. The molecule has 0 unspecified atom stereocenters. The van der Waals surface area contributed by atoms with Crippen molar-refractivity contribution in [1.82, 2.24) is 9.80 Å². The molecule has 4 amide bonds. The van der Waals surface area contributed by atoms with Crippen LogP contribution in [0, 0.1) is 41.5 Å². The van der Waals surface area contributed by atoms with Crippen molar-refractivity contribution in [1.29, 1.82) is 0 Å². The van der Waals surface area contributed by atoms with E-state index in [1.807, 2.05) is 26.8 Å². The van der Waals surface area contributed by atoms with Gasteiger partial charge in [0, 0.05) is 59.7 Å². The second kappa shape index (κ2) is 19.4. The average molecular weight is 975 g/mol. The summed E-state index contributed by atoms with van der Waals surface area (Å²) < 4.78 is 78.7. The predicted octanol–water partition coefficient (Wildman–Crippen LogP) is 7.48. The fourth-order valence-electron chi connectivity index (χ4n) is 7.96. The molecular weight excluding hydrogens is 929 g/mol. The van der Waals surface area contributed by atoms with Crippen LogP contribution in [0.2, 0.25) is 0 Å². The van der Waals surface area contributed by atoms with Crippen LogP contribution in [0.1, 0.15) is 33.4 Å². The van der Waals surface area contributed by atoms with Gasteiger partial charge in [-0.2, -0.15) is 27.4 Å². The van der Waals surface area contributed by atoms with Gasteiger partial charge in [-0.15, -0.1) is 0 Å². The first-order valence-corrected chi connectivity index (χ1v) is 23.1. The first kappa shape index (κ1) is 50.0. The molecule has 0 saturated heterocycles. The third-order valence-corrected chi connectivity index (χ3v) is 13.1. The highest BCUT2D eigenvalue weighted by Crippen LogP contribution is 2.44. The molecule has 21 nitrogen and oxygen atoms in total. The number of nitrogens with one attached hydrogen (secondary N) is 3. The van der Waals surface area contributed by atoms with Crippen LogP contribution < -0.4 is 21.3 Å². The minimum atomic E-state index is -5.03. The van der Waals surface area contributed by atoms with Crippen molar-refractivity contribution in [2.24, 2.45) is 4.99 Å². The number of aryl methyl sites for hydroxylation is 2. The normalized spacial score (nSPS) is 11.9. The van der Waals surface area contributed by atoms with Gasteiger partial charge in [-0.05, 0) is 105 Å². The summed E-state index contributed by atoms with van der Waals surface area (Å²) in [5, 5.41) is 26.9. The Bertz CT molecular complexity index is 3310. The van der Waals surface area contributed by atoms with Gasteiger partial charge < -0.3 is 30.2 Å². The number of hydrogen-bond acceptors (Lipinski definition) is 15. The van der Waals surface area contributed by atoms with E-state index in [0.717, 1.165) is 16.7 Å². The Balaban J connectivity index is 1.58. The third kappa shape index (κ3) is 10.3. The van der Waals surface area contributed by atoms with Crippen LogP contribution >= 0.6 is 0 Å². The van der Waals surface area contributed by atoms with Crippen molar-refractivity contribution in [2.45, 2.75) is 51.3 Å². The average Bonchev–Trinajstić information content (AvgIpc) is 3.27. The Morgan fingerprint density at radius 2 is 1.29 bits per heavy atom. The minimum Gasteiger partial charge on any atom is -0.456 e. The Morgan fingerprint density at radius 3 is 1.90 bits per heavy atom. The highest BCUT2D eigenvalue weighted by Gasteiger charge is 2.29. The van der Waals surface area contributed by atoms with E-state index in [1.54, 1.807) is 44.4 Å². The highest BCUT2D eigenvalue weighted by atomic mass is 32.2. The highest BCUT2D eigenvalue weighted by molar-refractivity contribution is 7.86. The number of nitrogens with zero attached hydrogens (tertiary/aromatic N) is 3. The van der Waals surface area contributed by atoms with Crippen molar-refractivity contribution in [3.8, 4) is 22.5 Å². The maximum Gasteiger partial charge on any atom is 0.361 e. The zero-order valence-corrected chi connectivity index (χ0v) is 39.3. The molecule has 4 aromatic carbocycles. The number of urea groups is 2. The summed E-state index contributed by atoms with van der Waals surface area (Å²) in [5.74, 6) is -2.64. The minimum absolute atomic E-state index is 0.0507. The molecule has 23 heteroatoms. The number of hydrogen-bond donors (Lipinski definition) is 7. The lowest BCUT2D eigenvalue weighted by atomic mass is 9.93. The van der Waals surface area contributed by atoms with E-state index in [9.17, 15) is 45.1 Å². The molecular formula is C45H46N6O15S2. The number of fused-ring (bicyclic) bond motifs is 2. The molecule has 6 rings (SSSR count). The van der Waals surface area contributed by atoms with Crippen molar-refractivity contribution >= 4 is 83.6 Å². The monoisotopic (exact) mass is 974 g/mol. The lowest BCUT2D eigenvalue weighted by molar-refractivity contribution is -0.238. The summed E-state index contributed by atoms with van der Waals surface area (Å²) in [5.41, 5.74) is 5.02. The van der Waals surface area contributed by atoms with Gasteiger partial charge in [0.1, 0.15) is 34.2 Å². The topological polar surface area (TPSA) is 304 Å². The SMILES string of the molecule is Cc1cc(C)c(Nc2ccc3c(-c4ccccc4S(=O)(=O)O)c4cc/c(=N\c5c(C)c(NC(=O)N(CC(=O)OO)CC(=O)OO)c(C)c(S(=O)(=O)O)c5C)cc-4oc3c2)c(C)c1NC(=O)N(C)C. The fraction of sp³-hybridized carbons (Fsp3) is 0.222. The van der Waals surface area contributed by atoms with Crippen LogP contribution in [0.15, 0.2) is 85.9 Å². The van der Waals surface area contributed by atoms with E-state index >= 15 is 0 Å². The summed E-state index contributed by atoms with van der Waals surface area (Å²) in [6.07, 6.45) is 0. The van der Waals surface area contributed by atoms with E-state index < -0.39 is 56.2 Å². The van der Waals surface area contributed by atoms with Gasteiger partial charge in [-0.25, -0.2) is 24.2 Å². The number of amides is 4. The summed E-state index contributed by atoms with van der Waals surface area (Å²) in [6, 6.07) is 15.9. The summed E-state index contributed by atoms with van der Waals surface area (Å²) in [7, 11) is -6.55. The van der Waals surface area contributed by atoms with Crippen molar-refractivity contribution < 1.29 is 69.8 Å². The van der Waals surface area contributed by atoms with Crippen molar-refractivity contribution in [2.75, 3.05) is 43.1 Å². The molecule has 1 aliphatic carbocycles. The van der Waals surface area contributed by atoms with Gasteiger partial charge in [0.25, 0.3) is 20.2 Å². The molecule has 7 N–H and O–H groups in total. The van der Waals surface area contributed by atoms with Crippen LogP contribution in [0.4, 0.5) is 38.0 Å². The Hall–Kier alpha value is -7.41. The van der Waals surface area contributed by atoms with E-state index in [0.29, 0.717) is 38.5 Å². The van der Waals surface area contributed by atoms with Crippen LogP contribution in [0.5, 0.6) is 0 Å². The van der Waals surface area contributed by atoms with Gasteiger partial charge in [0.05, 0.1) is 22.4 Å². The van der Waals surface area contributed by atoms with Crippen molar-refractivity contribution in [3.05, 3.63) is 105 Å². The van der Waals surface area contributed by atoms with Crippen LogP contribution in [-0.2, 0) is 39.6 Å². The van der Waals surface area contributed by atoms with Gasteiger partial charge >= 0.3 is 24.0 Å². The molecule has 2 aliphatic rings. The number of rotatable bonds is 12. The number of carbonyl (C=O) groups is 4.